The summed E-state index contributed by atoms with van der Waals surface area (Å²) >= 11 is 0. The number of urea groups is 1. The van der Waals surface area contributed by atoms with Gasteiger partial charge in [0.25, 0.3) is 0 Å². The third-order valence-electron chi connectivity index (χ3n) is 4.21. The Bertz CT molecular complexity index is 531. The minimum Gasteiger partial charge on any atom is -0.421 e. The van der Waals surface area contributed by atoms with E-state index in [1.165, 1.54) is 0 Å². The number of nitrogens with zero attached hydrogens (tertiary/aromatic N) is 3. The highest BCUT2D eigenvalue weighted by Crippen LogP contribution is 2.21. The summed E-state index contributed by atoms with van der Waals surface area (Å²) in [6.45, 7) is 5.00. The molecular formula is C15H29N7O3. The predicted octanol–water partition coefficient (Wildman–Crippen LogP) is -0.765. The van der Waals surface area contributed by atoms with Gasteiger partial charge < -0.3 is 36.5 Å². The molecule has 10 nitrogen and oxygen atoms in total. The van der Waals surface area contributed by atoms with Gasteiger partial charge in [0.15, 0.2) is 0 Å². The van der Waals surface area contributed by atoms with Crippen LogP contribution in [0.3, 0.4) is 0 Å². The molecule has 1 fully saturated rings. The van der Waals surface area contributed by atoms with Gasteiger partial charge in [-0.05, 0) is 32.7 Å². The van der Waals surface area contributed by atoms with E-state index in [2.05, 4.69) is 20.8 Å². The number of nitrogens with two attached hydrogens (primary N) is 2. The van der Waals surface area contributed by atoms with Crippen molar-refractivity contribution in [2.45, 2.75) is 44.4 Å². The Morgan fingerprint density at radius 3 is 2.68 bits per heavy atom. The average Bonchev–Trinajstić information content (AvgIpc) is 3.10. The fraction of sp³-hybridized carbons (Fsp3) is 0.800. The van der Waals surface area contributed by atoms with E-state index in [4.69, 9.17) is 15.9 Å². The summed E-state index contributed by atoms with van der Waals surface area (Å²) in [5.41, 5.74) is 11.4. The van der Waals surface area contributed by atoms with Crippen LogP contribution < -0.4 is 22.1 Å². The summed E-state index contributed by atoms with van der Waals surface area (Å²) < 4.78 is 5.60. The summed E-state index contributed by atoms with van der Waals surface area (Å²) in [6.07, 6.45) is 1.50. The Balaban J connectivity index is 2.05. The highest BCUT2D eigenvalue weighted by atomic mass is 16.4. The van der Waals surface area contributed by atoms with E-state index in [9.17, 15) is 9.90 Å². The molecule has 7 N–H and O–H groups in total. The molecule has 1 aliphatic rings. The second-order valence-corrected chi connectivity index (χ2v) is 6.27. The van der Waals surface area contributed by atoms with E-state index < -0.39 is 18.2 Å². The third-order valence-corrected chi connectivity index (χ3v) is 4.21. The molecule has 0 radical (unpaired) electrons. The van der Waals surface area contributed by atoms with Crippen LogP contribution in [0, 0.1) is 0 Å². The average molecular weight is 355 g/mol. The summed E-state index contributed by atoms with van der Waals surface area (Å²) in [6, 6.07) is -1.31. The molecule has 0 saturated carbocycles. The van der Waals surface area contributed by atoms with E-state index in [1.807, 2.05) is 0 Å². The van der Waals surface area contributed by atoms with Gasteiger partial charge in [0.1, 0.15) is 12.1 Å². The van der Waals surface area contributed by atoms with Crippen molar-refractivity contribution < 1.29 is 14.3 Å². The lowest BCUT2D eigenvalue weighted by Crippen LogP contribution is -2.50. The van der Waals surface area contributed by atoms with Crippen LogP contribution in [-0.4, -0.2) is 65.1 Å². The van der Waals surface area contributed by atoms with Gasteiger partial charge in [-0.3, -0.25) is 0 Å². The van der Waals surface area contributed by atoms with Crippen molar-refractivity contribution >= 4 is 6.03 Å². The molecule has 2 amide bonds. The first-order valence-electron chi connectivity index (χ1n) is 8.76. The van der Waals surface area contributed by atoms with Gasteiger partial charge in [-0.1, -0.05) is 0 Å². The molecule has 2 heterocycles. The maximum absolute atomic E-state index is 12.5. The number of aliphatic hydroxyl groups is 1. The van der Waals surface area contributed by atoms with Crippen molar-refractivity contribution in [1.29, 1.82) is 0 Å². The molecule has 0 aromatic carbocycles. The lowest BCUT2D eigenvalue weighted by Gasteiger charge is -2.29. The van der Waals surface area contributed by atoms with Gasteiger partial charge in [-0.15, -0.1) is 10.2 Å². The summed E-state index contributed by atoms with van der Waals surface area (Å²) in [7, 11) is 0. The Labute approximate surface area is 147 Å². The van der Waals surface area contributed by atoms with Crippen LogP contribution in [0.1, 0.15) is 50.1 Å². The molecule has 142 valence electrons. The number of amides is 2. The van der Waals surface area contributed by atoms with Crippen LogP contribution in [0.15, 0.2) is 4.42 Å². The first-order chi connectivity index (χ1) is 12.0. The molecule has 0 bridgehead atoms. The van der Waals surface area contributed by atoms with Gasteiger partial charge in [-0.2, -0.15) is 0 Å². The number of carbonyl (C=O) groups excluding carboxylic acids is 1. The van der Waals surface area contributed by atoms with E-state index in [1.54, 1.807) is 11.8 Å². The zero-order valence-electron chi connectivity index (χ0n) is 14.6. The smallest absolute Gasteiger partial charge is 0.318 e. The lowest BCUT2D eigenvalue weighted by atomic mass is 10.1. The molecule has 1 aromatic heterocycles. The number of nitrogens with one attached hydrogen (secondary N) is 2. The number of rotatable bonds is 8. The minimum absolute atomic E-state index is 0.154. The predicted molar refractivity (Wildman–Crippen MR) is 91.5 cm³/mol. The Kier molecular flexibility index (Phi) is 7.56. The fourth-order valence-corrected chi connectivity index (χ4v) is 2.59. The molecule has 10 heteroatoms. The molecule has 1 saturated heterocycles. The van der Waals surface area contributed by atoms with Crippen molar-refractivity contribution in [2.24, 2.45) is 11.5 Å². The maximum Gasteiger partial charge on any atom is 0.318 e. The van der Waals surface area contributed by atoms with Crippen molar-refractivity contribution in [3.63, 3.8) is 0 Å². The number of aliphatic hydroxyl groups excluding tert-OH is 1. The van der Waals surface area contributed by atoms with Crippen molar-refractivity contribution in [2.75, 3.05) is 32.7 Å². The fourth-order valence-electron chi connectivity index (χ4n) is 2.59. The van der Waals surface area contributed by atoms with Crippen LogP contribution >= 0.6 is 0 Å². The van der Waals surface area contributed by atoms with Crippen molar-refractivity contribution in [1.82, 2.24) is 25.7 Å². The Morgan fingerprint density at radius 1 is 1.36 bits per heavy atom. The third kappa shape index (κ3) is 5.63. The lowest BCUT2D eigenvalue weighted by molar-refractivity contribution is 0.148. The van der Waals surface area contributed by atoms with Crippen molar-refractivity contribution in [3.05, 3.63) is 11.8 Å². The van der Waals surface area contributed by atoms with E-state index in [0.717, 1.165) is 25.9 Å². The number of unbranched alkanes of at least 4 members (excludes halogenated alkanes) is 1. The van der Waals surface area contributed by atoms with Gasteiger partial charge in [0.2, 0.25) is 11.8 Å². The van der Waals surface area contributed by atoms with Crippen LogP contribution in [0.4, 0.5) is 4.79 Å². The molecule has 1 aromatic rings. The topological polar surface area (TPSA) is 156 Å². The molecular weight excluding hydrogens is 326 g/mol. The van der Waals surface area contributed by atoms with E-state index in [0.29, 0.717) is 31.9 Å². The standard InChI is InChI=1S/C15H29N7O3/c1-10(23)12(17)14-21-20-13(25-14)11(4-2-3-5-16)19-15(24)22-8-6-18-7-9-22/h10-12,18,23H,2-9,16-17H2,1H3,(H,19,24)/t10-,11+,12?/m1/s1. The van der Waals surface area contributed by atoms with Crippen LogP contribution in [-0.2, 0) is 0 Å². The molecule has 25 heavy (non-hydrogen) atoms. The normalized spacial score (nSPS) is 18.6. The second-order valence-electron chi connectivity index (χ2n) is 6.27. The van der Waals surface area contributed by atoms with Crippen LogP contribution in [0.2, 0.25) is 0 Å². The zero-order valence-corrected chi connectivity index (χ0v) is 14.6. The monoisotopic (exact) mass is 355 g/mol. The van der Waals surface area contributed by atoms with E-state index >= 15 is 0 Å². The highest BCUT2D eigenvalue weighted by Gasteiger charge is 2.26. The largest absolute Gasteiger partial charge is 0.421 e. The highest BCUT2D eigenvalue weighted by molar-refractivity contribution is 5.74. The molecule has 1 unspecified atom stereocenters. The van der Waals surface area contributed by atoms with Crippen molar-refractivity contribution in [3.8, 4) is 0 Å². The molecule has 0 spiro atoms. The summed E-state index contributed by atoms with van der Waals surface area (Å²) in [5.74, 6) is 0.455. The second kappa shape index (κ2) is 9.66. The van der Waals surface area contributed by atoms with Gasteiger partial charge in [0, 0.05) is 26.2 Å². The molecule has 3 atom stereocenters. The maximum atomic E-state index is 12.5. The molecule has 2 rings (SSSR count). The van der Waals surface area contributed by atoms with E-state index in [-0.39, 0.29) is 11.9 Å². The quantitative estimate of drug-likeness (QED) is 0.381. The zero-order chi connectivity index (χ0) is 18.2. The van der Waals surface area contributed by atoms with Gasteiger partial charge in [-0.25, -0.2) is 4.79 Å². The Hall–Kier alpha value is -1.75. The van der Waals surface area contributed by atoms with Gasteiger partial charge in [0.05, 0.1) is 6.10 Å². The Morgan fingerprint density at radius 2 is 2.04 bits per heavy atom. The number of hydrogen-bond acceptors (Lipinski definition) is 8. The number of piperazine rings is 1. The molecule has 0 aliphatic carbocycles. The first-order valence-corrected chi connectivity index (χ1v) is 8.76. The first kappa shape index (κ1) is 19.6. The number of aromatic nitrogens is 2. The van der Waals surface area contributed by atoms with Crippen LogP contribution in [0.25, 0.3) is 0 Å². The SMILES string of the molecule is C[C@@H](O)C(N)c1nnc([C@H](CCCCN)NC(=O)N2CCNCC2)o1. The van der Waals surface area contributed by atoms with Gasteiger partial charge >= 0.3 is 6.03 Å². The minimum atomic E-state index is -0.806. The summed E-state index contributed by atoms with van der Waals surface area (Å²) in [4.78, 5) is 14.2. The number of carbonyl (C=O) groups is 1. The van der Waals surface area contributed by atoms with Crippen LogP contribution in [0.5, 0.6) is 0 Å². The number of hydrogen-bond donors (Lipinski definition) is 5. The molecule has 1 aliphatic heterocycles. The summed E-state index contributed by atoms with van der Waals surface area (Å²) in [5, 5.41) is 23.7.